The molecule has 2 amide bonds. The zero-order valence-electron chi connectivity index (χ0n) is 14.0. The summed E-state index contributed by atoms with van der Waals surface area (Å²) in [5, 5.41) is 7.90. The maximum absolute atomic E-state index is 12.0. The Morgan fingerprint density at radius 3 is 2.46 bits per heavy atom. The minimum atomic E-state index is -0.126. The van der Waals surface area contributed by atoms with Gasteiger partial charge in [-0.3, -0.25) is 14.6 Å². The lowest BCUT2D eigenvalue weighted by atomic mass is 10.1. The molecule has 0 aliphatic heterocycles. The molecule has 2 aromatic heterocycles. The molecule has 7 heteroatoms. The average molecular weight is 366 g/mol. The van der Waals surface area contributed by atoms with E-state index in [0.29, 0.717) is 23.8 Å². The summed E-state index contributed by atoms with van der Waals surface area (Å²) in [5.74, 6) is -0.242. The van der Waals surface area contributed by atoms with Gasteiger partial charge in [-0.1, -0.05) is 30.3 Å². The number of hydrogen-bond donors (Lipinski definition) is 2. The molecule has 132 valence electrons. The number of benzene rings is 1. The zero-order chi connectivity index (χ0) is 18.2. The number of carbonyl (C=O) groups is 2. The van der Waals surface area contributed by atoms with E-state index in [4.69, 9.17) is 0 Å². The lowest BCUT2D eigenvalue weighted by Crippen LogP contribution is -2.24. The summed E-state index contributed by atoms with van der Waals surface area (Å²) in [4.78, 5) is 32.3. The van der Waals surface area contributed by atoms with Crippen LogP contribution in [0.4, 0.5) is 5.13 Å². The van der Waals surface area contributed by atoms with Crippen molar-refractivity contribution < 1.29 is 9.59 Å². The van der Waals surface area contributed by atoms with Gasteiger partial charge in [-0.25, -0.2) is 4.98 Å². The molecule has 2 heterocycles. The largest absolute Gasteiger partial charge is 0.352 e. The Labute approximate surface area is 155 Å². The van der Waals surface area contributed by atoms with Crippen LogP contribution in [0.15, 0.2) is 60.2 Å². The van der Waals surface area contributed by atoms with Crippen LogP contribution >= 0.6 is 11.3 Å². The van der Waals surface area contributed by atoms with E-state index in [1.165, 1.54) is 11.3 Å². The van der Waals surface area contributed by atoms with Gasteiger partial charge >= 0.3 is 0 Å². The third kappa shape index (κ3) is 5.49. The molecule has 2 N–H and O–H groups in total. The van der Waals surface area contributed by atoms with Crippen LogP contribution in [0.25, 0.3) is 0 Å². The van der Waals surface area contributed by atoms with Crippen molar-refractivity contribution in [2.75, 3.05) is 5.32 Å². The summed E-state index contributed by atoms with van der Waals surface area (Å²) >= 11 is 1.31. The molecule has 3 aromatic rings. The van der Waals surface area contributed by atoms with Crippen LogP contribution in [-0.4, -0.2) is 21.8 Å². The number of nitrogens with zero attached hydrogens (tertiary/aromatic N) is 2. The van der Waals surface area contributed by atoms with Crippen molar-refractivity contribution in [1.82, 2.24) is 15.3 Å². The first-order valence-corrected chi connectivity index (χ1v) is 9.01. The van der Waals surface area contributed by atoms with Crippen molar-refractivity contribution in [2.45, 2.75) is 19.4 Å². The molecule has 0 fully saturated rings. The molecule has 0 radical (unpaired) electrons. The third-order valence-electron chi connectivity index (χ3n) is 3.59. The first-order chi connectivity index (χ1) is 12.7. The summed E-state index contributed by atoms with van der Waals surface area (Å²) in [5.41, 5.74) is 2.56. The SMILES string of the molecule is O=C(Cc1csc(NC(=O)Cc2ccccc2)n1)NCc1ccncc1. The van der Waals surface area contributed by atoms with Gasteiger partial charge in [-0.2, -0.15) is 0 Å². The molecule has 0 saturated heterocycles. The number of thiazole rings is 1. The Morgan fingerprint density at radius 1 is 0.923 bits per heavy atom. The Morgan fingerprint density at radius 2 is 1.69 bits per heavy atom. The molecule has 0 aliphatic rings. The maximum atomic E-state index is 12.0. The normalized spacial score (nSPS) is 10.3. The van der Waals surface area contributed by atoms with Crippen molar-refractivity contribution in [3.63, 3.8) is 0 Å². The predicted octanol–water partition coefficient (Wildman–Crippen LogP) is 2.58. The van der Waals surface area contributed by atoms with Crippen LogP contribution in [0.5, 0.6) is 0 Å². The van der Waals surface area contributed by atoms with E-state index in [0.717, 1.165) is 11.1 Å². The topological polar surface area (TPSA) is 84.0 Å². The lowest BCUT2D eigenvalue weighted by molar-refractivity contribution is -0.120. The fraction of sp³-hybridized carbons (Fsp3) is 0.158. The first kappa shape index (κ1) is 17.8. The highest BCUT2D eigenvalue weighted by Gasteiger charge is 2.10. The Bertz CT molecular complexity index is 866. The first-order valence-electron chi connectivity index (χ1n) is 8.13. The molecule has 0 saturated carbocycles. The molecule has 1 aromatic carbocycles. The summed E-state index contributed by atoms with van der Waals surface area (Å²) in [6, 6.07) is 13.2. The third-order valence-corrected chi connectivity index (χ3v) is 4.39. The van der Waals surface area contributed by atoms with E-state index < -0.39 is 0 Å². The number of aromatic nitrogens is 2. The quantitative estimate of drug-likeness (QED) is 0.673. The van der Waals surface area contributed by atoms with E-state index >= 15 is 0 Å². The molecule has 0 aliphatic carbocycles. The molecular formula is C19H18N4O2S. The van der Waals surface area contributed by atoms with Gasteiger partial charge in [-0.15, -0.1) is 11.3 Å². The number of carbonyl (C=O) groups excluding carboxylic acids is 2. The van der Waals surface area contributed by atoms with Gasteiger partial charge in [0.25, 0.3) is 0 Å². The van der Waals surface area contributed by atoms with Gasteiger partial charge in [0.15, 0.2) is 5.13 Å². The van der Waals surface area contributed by atoms with Gasteiger partial charge < -0.3 is 10.6 Å². The molecule has 3 rings (SSSR count). The van der Waals surface area contributed by atoms with Gasteiger partial charge in [-0.05, 0) is 23.3 Å². The summed E-state index contributed by atoms with van der Waals surface area (Å²) in [7, 11) is 0. The van der Waals surface area contributed by atoms with Crippen molar-refractivity contribution in [3.8, 4) is 0 Å². The lowest BCUT2D eigenvalue weighted by Gasteiger charge is -2.04. The van der Waals surface area contributed by atoms with Crippen LogP contribution in [0.3, 0.4) is 0 Å². The minimum absolute atomic E-state index is 0.116. The van der Waals surface area contributed by atoms with Gasteiger partial charge in [0.2, 0.25) is 11.8 Å². The summed E-state index contributed by atoms with van der Waals surface area (Å²) in [6.45, 7) is 0.451. The van der Waals surface area contributed by atoms with E-state index in [2.05, 4.69) is 20.6 Å². The average Bonchev–Trinajstić information content (AvgIpc) is 3.08. The van der Waals surface area contributed by atoms with Crippen LogP contribution in [0.1, 0.15) is 16.8 Å². The molecule has 0 bridgehead atoms. The number of pyridine rings is 1. The Balaban J connectivity index is 1.46. The van der Waals surface area contributed by atoms with E-state index in [9.17, 15) is 9.59 Å². The Kier molecular flexibility index (Phi) is 6.05. The molecule has 0 spiro atoms. The minimum Gasteiger partial charge on any atom is -0.352 e. The van der Waals surface area contributed by atoms with Crippen molar-refractivity contribution in [2.24, 2.45) is 0 Å². The van der Waals surface area contributed by atoms with Crippen LogP contribution in [-0.2, 0) is 29.0 Å². The fourth-order valence-electron chi connectivity index (χ4n) is 2.32. The highest BCUT2D eigenvalue weighted by Crippen LogP contribution is 2.16. The molecule has 6 nitrogen and oxygen atoms in total. The Hall–Kier alpha value is -3.06. The predicted molar refractivity (Wildman–Crippen MR) is 101 cm³/mol. The second-order valence-electron chi connectivity index (χ2n) is 5.66. The number of nitrogens with one attached hydrogen (secondary N) is 2. The number of amides is 2. The van der Waals surface area contributed by atoms with Crippen LogP contribution in [0.2, 0.25) is 0 Å². The van der Waals surface area contributed by atoms with Crippen molar-refractivity contribution >= 4 is 28.3 Å². The second kappa shape index (κ2) is 8.87. The number of hydrogen-bond acceptors (Lipinski definition) is 5. The van der Waals surface area contributed by atoms with Gasteiger partial charge in [0.1, 0.15) is 0 Å². The van der Waals surface area contributed by atoms with E-state index in [-0.39, 0.29) is 18.2 Å². The highest BCUT2D eigenvalue weighted by molar-refractivity contribution is 7.13. The standard InChI is InChI=1S/C19H18N4O2S/c24-17(21-12-15-6-8-20-9-7-15)11-16-13-26-19(22-16)23-18(25)10-14-4-2-1-3-5-14/h1-9,13H,10-12H2,(H,21,24)(H,22,23,25). The van der Waals surface area contributed by atoms with Crippen molar-refractivity contribution in [3.05, 3.63) is 77.1 Å². The number of rotatable bonds is 7. The maximum Gasteiger partial charge on any atom is 0.230 e. The second-order valence-corrected chi connectivity index (χ2v) is 6.52. The summed E-state index contributed by atoms with van der Waals surface area (Å²) in [6.07, 6.45) is 3.84. The van der Waals surface area contributed by atoms with Crippen molar-refractivity contribution in [1.29, 1.82) is 0 Å². The molecule has 0 atom stereocenters. The zero-order valence-corrected chi connectivity index (χ0v) is 14.8. The van der Waals surface area contributed by atoms with Gasteiger partial charge in [0.05, 0.1) is 18.5 Å². The van der Waals surface area contributed by atoms with Gasteiger partial charge in [0, 0.05) is 24.3 Å². The van der Waals surface area contributed by atoms with E-state index in [1.807, 2.05) is 42.5 Å². The monoisotopic (exact) mass is 366 g/mol. The van der Waals surface area contributed by atoms with Crippen LogP contribution in [0, 0.1) is 0 Å². The van der Waals surface area contributed by atoms with E-state index in [1.54, 1.807) is 17.8 Å². The smallest absolute Gasteiger partial charge is 0.230 e. The fourth-order valence-corrected chi connectivity index (χ4v) is 3.05. The molecule has 0 unspecified atom stereocenters. The number of anilines is 1. The highest BCUT2D eigenvalue weighted by atomic mass is 32.1. The summed E-state index contributed by atoms with van der Waals surface area (Å²) < 4.78 is 0. The van der Waals surface area contributed by atoms with Crippen LogP contribution < -0.4 is 10.6 Å². The molecule has 26 heavy (non-hydrogen) atoms. The molecular weight excluding hydrogens is 348 g/mol.